The maximum Gasteiger partial charge on any atom is 0.416 e. The highest BCUT2D eigenvalue weighted by Gasteiger charge is 2.33. The minimum absolute atomic E-state index is 0.163. The largest absolute Gasteiger partial charge is 0.416 e. The number of fused-ring (bicyclic) bond motifs is 1. The summed E-state index contributed by atoms with van der Waals surface area (Å²) in [7, 11) is -4.38. The fourth-order valence-corrected chi connectivity index (χ4v) is 6.55. The maximum atomic E-state index is 13.4. The van der Waals surface area contributed by atoms with Gasteiger partial charge >= 0.3 is 6.18 Å². The molecule has 3 aromatic rings. The smallest absolute Gasteiger partial charge is 0.349 e. The van der Waals surface area contributed by atoms with Gasteiger partial charge in [-0.3, -0.25) is 4.79 Å². The van der Waals surface area contributed by atoms with Crippen LogP contribution in [-0.4, -0.2) is 20.9 Å². The van der Waals surface area contributed by atoms with Gasteiger partial charge in [-0.25, -0.2) is 13.1 Å². The van der Waals surface area contributed by atoms with Crippen LogP contribution in [0.3, 0.4) is 0 Å². The summed E-state index contributed by atoms with van der Waals surface area (Å²) in [6.07, 6.45) is -2.36. The molecule has 6 nitrogen and oxygen atoms in total. The first-order valence-corrected chi connectivity index (χ1v) is 16.0. The highest BCUT2D eigenvalue weighted by atomic mass is 32.2. The predicted molar refractivity (Wildman–Crippen MR) is 162 cm³/mol. The fraction of sp³-hybridized carbons (Fsp3) is 0.424. The lowest BCUT2D eigenvalue weighted by atomic mass is 9.85. The average Bonchev–Trinajstić information content (AvgIpc) is 2.95. The second-order valence-electron chi connectivity index (χ2n) is 12.4. The number of carbonyl (C=O) groups is 1. The number of sulfonamides is 1. The monoisotopic (exact) mass is 615 g/mol. The molecular weight excluding hydrogens is 575 g/mol. The number of aryl methyl sites for hydroxylation is 1. The normalized spacial score (nSPS) is 17.1. The lowest BCUT2D eigenvalue weighted by Crippen LogP contribution is -2.36. The quantitative estimate of drug-likeness (QED) is 0.229. The molecule has 0 heterocycles. The van der Waals surface area contributed by atoms with E-state index in [0.717, 1.165) is 49.6 Å². The van der Waals surface area contributed by atoms with Crippen LogP contribution in [0.4, 0.5) is 13.2 Å². The SMILES string of the molecule is C[C@@H](NCC(C)(C)C)c1ccc2c(c1)CCC[C@H]2NC(=O)CC(NS(=O)(=O)c1cccc(C(F)(F)F)c1)c1ccccc1. The summed E-state index contributed by atoms with van der Waals surface area (Å²) in [5, 5.41) is 6.67. The van der Waals surface area contributed by atoms with Crippen LogP contribution in [0, 0.1) is 5.41 Å². The van der Waals surface area contributed by atoms with Crippen LogP contribution in [-0.2, 0) is 27.4 Å². The number of benzene rings is 3. The lowest BCUT2D eigenvalue weighted by molar-refractivity contribution is -0.137. The molecule has 4 rings (SSSR count). The molecule has 232 valence electrons. The van der Waals surface area contributed by atoms with Gasteiger partial charge in [0.25, 0.3) is 0 Å². The number of hydrogen-bond donors (Lipinski definition) is 3. The number of amides is 1. The van der Waals surface area contributed by atoms with E-state index in [1.165, 1.54) is 11.1 Å². The summed E-state index contributed by atoms with van der Waals surface area (Å²) < 4.78 is 68.6. The fourth-order valence-electron chi connectivity index (χ4n) is 5.28. The third kappa shape index (κ3) is 8.90. The van der Waals surface area contributed by atoms with Gasteiger partial charge < -0.3 is 10.6 Å². The molecular formula is C33H40F3N3O3S. The first-order valence-electron chi connectivity index (χ1n) is 14.5. The molecule has 0 aliphatic heterocycles. The second kappa shape index (κ2) is 13.2. The van der Waals surface area contributed by atoms with E-state index in [1.807, 2.05) is 0 Å². The number of alkyl halides is 3. The number of halogens is 3. The molecule has 3 atom stereocenters. The Morgan fingerprint density at radius 3 is 2.35 bits per heavy atom. The van der Waals surface area contributed by atoms with Gasteiger partial charge in [-0.05, 0) is 72.1 Å². The molecule has 1 unspecified atom stereocenters. The van der Waals surface area contributed by atoms with Crippen molar-refractivity contribution in [1.82, 2.24) is 15.4 Å². The highest BCUT2D eigenvalue weighted by Crippen LogP contribution is 2.33. The molecule has 0 saturated carbocycles. The van der Waals surface area contributed by atoms with Gasteiger partial charge in [-0.15, -0.1) is 0 Å². The van der Waals surface area contributed by atoms with Gasteiger partial charge in [-0.1, -0.05) is 75.4 Å². The summed E-state index contributed by atoms with van der Waals surface area (Å²) in [6.45, 7) is 9.58. The van der Waals surface area contributed by atoms with Crippen LogP contribution in [0.25, 0.3) is 0 Å². The van der Waals surface area contributed by atoms with E-state index in [1.54, 1.807) is 30.3 Å². The first kappa shape index (κ1) is 32.7. The first-order chi connectivity index (χ1) is 20.1. The van der Waals surface area contributed by atoms with Crippen molar-refractivity contribution in [3.63, 3.8) is 0 Å². The van der Waals surface area contributed by atoms with Gasteiger partial charge in [-0.2, -0.15) is 13.2 Å². The molecule has 1 amide bonds. The molecule has 43 heavy (non-hydrogen) atoms. The van der Waals surface area contributed by atoms with Crippen molar-refractivity contribution in [3.8, 4) is 0 Å². The Balaban J connectivity index is 1.50. The molecule has 10 heteroatoms. The Bertz CT molecular complexity index is 1520. The topological polar surface area (TPSA) is 87.3 Å². The standard InChI is InChI=1S/C33H40F3N3O3S/c1-22(37-21-32(2,3)4)24-16-17-28-25(18-24)12-8-15-29(28)38-31(40)20-30(23-10-6-5-7-11-23)39-43(41,42)27-14-9-13-26(19-27)33(34,35)36/h5-7,9-11,13-14,16-19,22,29-30,37,39H,8,12,15,20-21H2,1-4H3,(H,38,40)/t22-,29-,30?/m1/s1. The molecule has 0 spiro atoms. The number of hydrogen-bond acceptors (Lipinski definition) is 4. The molecule has 0 fully saturated rings. The van der Waals surface area contributed by atoms with Crippen molar-refractivity contribution in [3.05, 3.63) is 101 Å². The Labute approximate surface area is 252 Å². The third-order valence-electron chi connectivity index (χ3n) is 7.62. The second-order valence-corrected chi connectivity index (χ2v) is 14.2. The van der Waals surface area contributed by atoms with Gasteiger partial charge in [0.15, 0.2) is 0 Å². The summed E-state index contributed by atoms with van der Waals surface area (Å²) in [4.78, 5) is 12.8. The Kier molecular flexibility index (Phi) is 10.0. The minimum Gasteiger partial charge on any atom is -0.349 e. The molecule has 0 radical (unpaired) electrons. The van der Waals surface area contributed by atoms with Crippen molar-refractivity contribution >= 4 is 15.9 Å². The molecule has 0 saturated heterocycles. The van der Waals surface area contributed by atoms with Crippen molar-refractivity contribution in [1.29, 1.82) is 0 Å². The molecule has 0 bridgehead atoms. The Morgan fingerprint density at radius 1 is 0.953 bits per heavy atom. The van der Waals surface area contributed by atoms with Crippen LogP contribution < -0.4 is 15.4 Å². The van der Waals surface area contributed by atoms with Gasteiger partial charge in [0, 0.05) is 19.0 Å². The maximum absolute atomic E-state index is 13.4. The summed E-state index contributed by atoms with van der Waals surface area (Å²) in [6, 6.07) is 17.4. The third-order valence-corrected chi connectivity index (χ3v) is 9.09. The van der Waals surface area contributed by atoms with Crippen molar-refractivity contribution in [2.24, 2.45) is 5.41 Å². The number of rotatable bonds is 10. The van der Waals surface area contributed by atoms with Gasteiger partial charge in [0.2, 0.25) is 15.9 Å². The minimum atomic E-state index is -4.69. The van der Waals surface area contributed by atoms with Crippen LogP contribution in [0.5, 0.6) is 0 Å². The highest BCUT2D eigenvalue weighted by molar-refractivity contribution is 7.89. The van der Waals surface area contributed by atoms with Crippen LogP contribution >= 0.6 is 0 Å². The van der Waals surface area contributed by atoms with E-state index < -0.39 is 32.7 Å². The molecule has 1 aliphatic carbocycles. The zero-order chi connectivity index (χ0) is 31.4. The van der Waals surface area contributed by atoms with Crippen LogP contribution in [0.1, 0.15) is 92.9 Å². The van der Waals surface area contributed by atoms with E-state index in [9.17, 15) is 26.4 Å². The number of nitrogens with one attached hydrogen (secondary N) is 3. The van der Waals surface area contributed by atoms with Crippen molar-refractivity contribution in [2.75, 3.05) is 6.54 Å². The Hall–Kier alpha value is -3.21. The summed E-state index contributed by atoms with van der Waals surface area (Å²) in [5.74, 6) is -0.359. The summed E-state index contributed by atoms with van der Waals surface area (Å²) in [5.41, 5.74) is 3.04. The molecule has 0 aromatic heterocycles. The predicted octanol–water partition coefficient (Wildman–Crippen LogP) is 7.01. The van der Waals surface area contributed by atoms with E-state index in [-0.39, 0.29) is 29.8 Å². The van der Waals surface area contributed by atoms with Crippen molar-refractivity contribution in [2.45, 2.75) is 82.6 Å². The van der Waals surface area contributed by atoms with E-state index in [2.05, 4.69) is 61.2 Å². The van der Waals surface area contributed by atoms with Gasteiger partial charge in [0.1, 0.15) is 0 Å². The Morgan fingerprint density at radius 2 is 1.67 bits per heavy atom. The number of carbonyl (C=O) groups excluding carboxylic acids is 1. The molecule has 1 aliphatic rings. The zero-order valence-corrected chi connectivity index (χ0v) is 25.8. The molecule has 3 N–H and O–H groups in total. The van der Waals surface area contributed by atoms with Crippen LogP contribution in [0.15, 0.2) is 77.7 Å². The zero-order valence-electron chi connectivity index (χ0n) is 25.0. The van der Waals surface area contributed by atoms with Crippen LogP contribution in [0.2, 0.25) is 0 Å². The lowest BCUT2D eigenvalue weighted by Gasteiger charge is -2.29. The van der Waals surface area contributed by atoms with E-state index in [0.29, 0.717) is 11.6 Å². The van der Waals surface area contributed by atoms with E-state index >= 15 is 0 Å². The molecule has 3 aromatic carbocycles. The van der Waals surface area contributed by atoms with Gasteiger partial charge in [0.05, 0.1) is 22.5 Å². The van der Waals surface area contributed by atoms with Crippen molar-refractivity contribution < 1.29 is 26.4 Å². The van der Waals surface area contributed by atoms with E-state index in [4.69, 9.17) is 0 Å². The average molecular weight is 616 g/mol. The summed E-state index contributed by atoms with van der Waals surface area (Å²) >= 11 is 0.